The Bertz CT molecular complexity index is 747. The van der Waals surface area contributed by atoms with E-state index in [0.717, 1.165) is 11.1 Å². The van der Waals surface area contributed by atoms with Gasteiger partial charge in [0.2, 0.25) is 5.82 Å². The maximum absolute atomic E-state index is 13.4. The van der Waals surface area contributed by atoms with Gasteiger partial charge in [0, 0.05) is 16.8 Å². The largest absolute Gasteiger partial charge is 0.399 e. The Morgan fingerprint density at radius 1 is 1.10 bits per heavy atom. The Balaban J connectivity index is 2.02. The summed E-state index contributed by atoms with van der Waals surface area (Å²) in [5.74, 6) is 0.378. The van der Waals surface area contributed by atoms with Crippen LogP contribution in [-0.4, -0.2) is 10.1 Å². The highest BCUT2D eigenvalue weighted by atomic mass is 19.1. The number of nitrogen functional groups attached to an aromatic ring is 1. The molecule has 0 unspecified atom stereocenters. The molecular weight excluding hydrogens is 257 g/mol. The van der Waals surface area contributed by atoms with Crippen molar-refractivity contribution in [3.05, 3.63) is 53.8 Å². The lowest BCUT2D eigenvalue weighted by Crippen LogP contribution is -1.87. The van der Waals surface area contributed by atoms with E-state index in [4.69, 9.17) is 10.3 Å². The molecule has 100 valence electrons. The van der Waals surface area contributed by atoms with Crippen LogP contribution < -0.4 is 5.73 Å². The first-order valence-corrected chi connectivity index (χ1v) is 6.09. The molecule has 1 heterocycles. The lowest BCUT2D eigenvalue weighted by molar-refractivity contribution is 0.432. The fraction of sp³-hybridized carbons (Fsp3) is 0.0667. The summed E-state index contributed by atoms with van der Waals surface area (Å²) in [6.45, 7) is 1.81. The second-order valence-corrected chi connectivity index (χ2v) is 4.57. The van der Waals surface area contributed by atoms with E-state index in [-0.39, 0.29) is 11.7 Å². The highest BCUT2D eigenvalue weighted by Crippen LogP contribution is 2.24. The number of hydrogen-bond acceptors (Lipinski definition) is 4. The minimum atomic E-state index is -0.330. The maximum Gasteiger partial charge on any atom is 0.258 e. The van der Waals surface area contributed by atoms with Gasteiger partial charge in [-0.3, -0.25) is 0 Å². The standard InChI is InChI=1S/C15H12FN3O/c1-9-5-11(7-12(16)6-9)15-18-14(19-20-15)10-3-2-4-13(17)8-10/h2-8H,17H2,1H3. The summed E-state index contributed by atoms with van der Waals surface area (Å²) >= 11 is 0. The van der Waals surface area contributed by atoms with Crippen LogP contribution in [0.4, 0.5) is 10.1 Å². The molecule has 0 atom stereocenters. The monoisotopic (exact) mass is 269 g/mol. The van der Waals surface area contributed by atoms with Crippen LogP contribution in [0.25, 0.3) is 22.8 Å². The molecule has 5 heteroatoms. The molecule has 2 aromatic carbocycles. The third kappa shape index (κ3) is 2.38. The van der Waals surface area contributed by atoms with E-state index in [0.29, 0.717) is 17.1 Å². The summed E-state index contributed by atoms with van der Waals surface area (Å²) in [5.41, 5.74) is 8.45. The van der Waals surface area contributed by atoms with Gasteiger partial charge in [0.25, 0.3) is 5.89 Å². The van der Waals surface area contributed by atoms with Crippen LogP contribution in [0.3, 0.4) is 0 Å². The average Bonchev–Trinajstić information content (AvgIpc) is 2.87. The Morgan fingerprint density at radius 2 is 1.95 bits per heavy atom. The summed E-state index contributed by atoms with van der Waals surface area (Å²) in [5, 5.41) is 3.90. The van der Waals surface area contributed by atoms with Crippen molar-refractivity contribution < 1.29 is 8.91 Å². The average molecular weight is 269 g/mol. The van der Waals surface area contributed by atoms with Crippen LogP contribution in [-0.2, 0) is 0 Å². The molecule has 0 spiro atoms. The fourth-order valence-electron chi connectivity index (χ4n) is 2.00. The molecule has 1 aromatic heterocycles. The number of anilines is 1. The van der Waals surface area contributed by atoms with Crippen LogP contribution in [0.2, 0.25) is 0 Å². The Kier molecular flexibility index (Phi) is 2.95. The van der Waals surface area contributed by atoms with Crippen LogP contribution in [0.1, 0.15) is 5.56 Å². The first kappa shape index (κ1) is 12.3. The molecule has 0 fully saturated rings. The van der Waals surface area contributed by atoms with E-state index >= 15 is 0 Å². The molecule has 2 N–H and O–H groups in total. The number of benzene rings is 2. The van der Waals surface area contributed by atoms with E-state index in [1.54, 1.807) is 18.2 Å². The van der Waals surface area contributed by atoms with Crippen molar-refractivity contribution in [2.45, 2.75) is 6.92 Å². The number of aryl methyl sites for hydroxylation is 1. The van der Waals surface area contributed by atoms with Crippen molar-refractivity contribution >= 4 is 5.69 Å². The zero-order valence-electron chi connectivity index (χ0n) is 10.8. The predicted molar refractivity (Wildman–Crippen MR) is 74.3 cm³/mol. The van der Waals surface area contributed by atoms with Gasteiger partial charge in [-0.05, 0) is 42.8 Å². The molecule has 0 bridgehead atoms. The molecule has 3 rings (SSSR count). The summed E-state index contributed by atoms with van der Waals surface area (Å²) in [6.07, 6.45) is 0. The Labute approximate surface area is 115 Å². The second kappa shape index (κ2) is 4.77. The number of hydrogen-bond donors (Lipinski definition) is 1. The quantitative estimate of drug-likeness (QED) is 0.724. The number of rotatable bonds is 2. The van der Waals surface area contributed by atoms with Gasteiger partial charge in [0.05, 0.1) is 0 Å². The summed E-state index contributed by atoms with van der Waals surface area (Å²) in [7, 11) is 0. The lowest BCUT2D eigenvalue weighted by Gasteiger charge is -1.97. The minimum Gasteiger partial charge on any atom is -0.399 e. The molecule has 0 aliphatic heterocycles. The molecular formula is C15H12FN3O. The lowest BCUT2D eigenvalue weighted by atomic mass is 10.1. The van der Waals surface area contributed by atoms with Crippen molar-refractivity contribution in [3.8, 4) is 22.8 Å². The zero-order chi connectivity index (χ0) is 14.1. The van der Waals surface area contributed by atoms with E-state index < -0.39 is 0 Å². The summed E-state index contributed by atoms with van der Waals surface area (Å²) in [4.78, 5) is 4.27. The minimum absolute atomic E-state index is 0.282. The van der Waals surface area contributed by atoms with E-state index in [9.17, 15) is 4.39 Å². The third-order valence-electron chi connectivity index (χ3n) is 2.86. The number of nitrogens with two attached hydrogens (primary N) is 1. The molecule has 0 aliphatic carbocycles. The molecule has 0 radical (unpaired) electrons. The number of nitrogens with zero attached hydrogens (tertiary/aromatic N) is 2. The Morgan fingerprint density at radius 3 is 2.70 bits per heavy atom. The van der Waals surface area contributed by atoms with Crippen molar-refractivity contribution in [2.75, 3.05) is 5.73 Å². The second-order valence-electron chi connectivity index (χ2n) is 4.57. The SMILES string of the molecule is Cc1cc(F)cc(-c2nc(-c3cccc(N)c3)no2)c1. The maximum atomic E-state index is 13.4. The van der Waals surface area contributed by atoms with E-state index in [1.165, 1.54) is 12.1 Å². The smallest absolute Gasteiger partial charge is 0.258 e. The topological polar surface area (TPSA) is 64.9 Å². The van der Waals surface area contributed by atoms with Gasteiger partial charge in [-0.25, -0.2) is 4.39 Å². The molecule has 0 saturated carbocycles. The zero-order valence-corrected chi connectivity index (χ0v) is 10.8. The Hall–Kier alpha value is -2.69. The molecule has 3 aromatic rings. The fourth-order valence-corrected chi connectivity index (χ4v) is 2.00. The summed E-state index contributed by atoms with van der Waals surface area (Å²) in [6, 6.07) is 11.8. The van der Waals surface area contributed by atoms with E-state index in [1.807, 2.05) is 19.1 Å². The first-order valence-electron chi connectivity index (χ1n) is 6.09. The van der Waals surface area contributed by atoms with Crippen molar-refractivity contribution in [1.82, 2.24) is 10.1 Å². The molecule has 0 amide bonds. The van der Waals surface area contributed by atoms with Gasteiger partial charge in [-0.2, -0.15) is 4.98 Å². The number of aromatic nitrogens is 2. The molecule has 0 saturated heterocycles. The first-order chi connectivity index (χ1) is 9.61. The van der Waals surface area contributed by atoms with Gasteiger partial charge < -0.3 is 10.3 Å². The van der Waals surface area contributed by atoms with Crippen molar-refractivity contribution in [1.29, 1.82) is 0 Å². The summed E-state index contributed by atoms with van der Waals surface area (Å²) < 4.78 is 18.6. The predicted octanol–water partition coefficient (Wildman–Crippen LogP) is 3.43. The third-order valence-corrected chi connectivity index (χ3v) is 2.86. The van der Waals surface area contributed by atoms with Crippen molar-refractivity contribution in [3.63, 3.8) is 0 Å². The van der Waals surface area contributed by atoms with Crippen LogP contribution in [0.15, 0.2) is 47.0 Å². The normalized spacial score (nSPS) is 10.7. The molecule has 20 heavy (non-hydrogen) atoms. The van der Waals surface area contributed by atoms with E-state index in [2.05, 4.69) is 10.1 Å². The highest BCUT2D eigenvalue weighted by Gasteiger charge is 2.12. The van der Waals surface area contributed by atoms with Crippen molar-refractivity contribution in [2.24, 2.45) is 0 Å². The molecule has 0 aliphatic rings. The van der Waals surface area contributed by atoms with Gasteiger partial charge in [-0.15, -0.1) is 0 Å². The molecule has 4 nitrogen and oxygen atoms in total. The van der Waals surface area contributed by atoms with Crippen LogP contribution in [0.5, 0.6) is 0 Å². The van der Waals surface area contributed by atoms with Gasteiger partial charge in [-0.1, -0.05) is 17.3 Å². The van der Waals surface area contributed by atoms with Crippen LogP contribution in [0, 0.1) is 12.7 Å². The highest BCUT2D eigenvalue weighted by molar-refractivity contribution is 5.63. The van der Waals surface area contributed by atoms with Crippen LogP contribution >= 0.6 is 0 Å². The van der Waals surface area contributed by atoms with Gasteiger partial charge in [0.15, 0.2) is 0 Å². The number of halogens is 1. The van der Waals surface area contributed by atoms with Gasteiger partial charge >= 0.3 is 0 Å². The van der Waals surface area contributed by atoms with Gasteiger partial charge in [0.1, 0.15) is 5.82 Å².